The van der Waals surface area contributed by atoms with Crippen LogP contribution in [0, 0.1) is 11.8 Å². The van der Waals surface area contributed by atoms with E-state index in [1.54, 1.807) is 0 Å². The highest BCUT2D eigenvalue weighted by Crippen LogP contribution is 2.21. The van der Waals surface area contributed by atoms with E-state index in [1.165, 1.54) is 0 Å². The maximum atomic E-state index is 12.3. The maximum Gasteiger partial charge on any atom is 0.307 e. The van der Waals surface area contributed by atoms with Crippen molar-refractivity contribution < 1.29 is 19.4 Å². The second-order valence-corrected chi connectivity index (χ2v) is 7.77. The number of para-hydroxylation sites is 1. The first-order valence-electron chi connectivity index (χ1n) is 9.97. The van der Waals surface area contributed by atoms with Crippen LogP contribution in [-0.2, 0) is 22.7 Å². The van der Waals surface area contributed by atoms with Crippen molar-refractivity contribution in [1.82, 2.24) is 10.2 Å². The van der Waals surface area contributed by atoms with E-state index in [-0.39, 0.29) is 18.4 Å². The van der Waals surface area contributed by atoms with Crippen molar-refractivity contribution >= 4 is 11.9 Å². The number of hydrogen-bond acceptors (Lipinski definition) is 4. The summed E-state index contributed by atoms with van der Waals surface area (Å²) in [7, 11) is 0. The van der Waals surface area contributed by atoms with Crippen molar-refractivity contribution in [2.75, 3.05) is 19.6 Å². The molecule has 6 heteroatoms. The van der Waals surface area contributed by atoms with Gasteiger partial charge in [-0.2, -0.15) is 0 Å². The lowest BCUT2D eigenvalue weighted by molar-refractivity contribution is -0.145. The number of benzene rings is 2. The zero-order valence-corrected chi connectivity index (χ0v) is 16.7. The molecule has 0 aromatic heterocycles. The molecule has 1 saturated heterocycles. The van der Waals surface area contributed by atoms with E-state index in [1.807, 2.05) is 66.4 Å². The van der Waals surface area contributed by atoms with Gasteiger partial charge >= 0.3 is 5.97 Å². The second kappa shape index (κ2) is 10.1. The molecule has 1 aliphatic rings. The smallest absolute Gasteiger partial charge is 0.307 e. The number of carboxylic acid groups (broad SMARTS) is 1. The molecule has 1 aliphatic heterocycles. The summed E-state index contributed by atoms with van der Waals surface area (Å²) in [5.41, 5.74) is 2.07. The maximum absolute atomic E-state index is 12.3. The summed E-state index contributed by atoms with van der Waals surface area (Å²) in [6.45, 7) is 4.40. The molecular formula is C23H28N2O4. The van der Waals surface area contributed by atoms with Gasteiger partial charge < -0.3 is 15.2 Å². The second-order valence-electron chi connectivity index (χ2n) is 7.77. The molecule has 29 heavy (non-hydrogen) atoms. The number of amides is 1. The van der Waals surface area contributed by atoms with E-state index in [0.717, 1.165) is 23.4 Å². The molecule has 2 aromatic rings. The highest BCUT2D eigenvalue weighted by molar-refractivity contribution is 5.78. The van der Waals surface area contributed by atoms with Gasteiger partial charge in [-0.25, -0.2) is 0 Å². The highest BCUT2D eigenvalue weighted by atomic mass is 16.5. The van der Waals surface area contributed by atoms with Crippen molar-refractivity contribution in [2.24, 2.45) is 11.8 Å². The molecular weight excluding hydrogens is 368 g/mol. The molecule has 2 unspecified atom stereocenters. The number of piperidine rings is 1. The Bertz CT molecular complexity index is 807. The summed E-state index contributed by atoms with van der Waals surface area (Å²) < 4.78 is 5.73. The molecule has 2 aromatic carbocycles. The number of nitrogens with zero attached hydrogens (tertiary/aromatic N) is 1. The van der Waals surface area contributed by atoms with Crippen molar-refractivity contribution in [1.29, 1.82) is 0 Å². The van der Waals surface area contributed by atoms with Gasteiger partial charge in [-0.3, -0.25) is 14.5 Å². The summed E-state index contributed by atoms with van der Waals surface area (Å²) in [6, 6.07) is 17.6. The van der Waals surface area contributed by atoms with Crippen LogP contribution in [0.15, 0.2) is 54.6 Å². The number of carbonyl (C=O) groups excluding carboxylic acids is 1. The Labute approximate surface area is 171 Å². The van der Waals surface area contributed by atoms with E-state index in [2.05, 4.69) is 5.32 Å². The molecule has 6 nitrogen and oxygen atoms in total. The number of nitrogens with one attached hydrogen (secondary N) is 1. The monoisotopic (exact) mass is 396 g/mol. The highest BCUT2D eigenvalue weighted by Gasteiger charge is 2.30. The van der Waals surface area contributed by atoms with Gasteiger partial charge in [0, 0.05) is 19.6 Å². The first kappa shape index (κ1) is 20.9. The Morgan fingerprint density at radius 2 is 1.76 bits per heavy atom. The number of likely N-dealkylation sites (tertiary alicyclic amines) is 1. The molecule has 0 aliphatic carbocycles. The Balaban J connectivity index is 1.42. The van der Waals surface area contributed by atoms with E-state index in [0.29, 0.717) is 26.1 Å². The van der Waals surface area contributed by atoms with Gasteiger partial charge in [0.1, 0.15) is 12.4 Å². The largest absolute Gasteiger partial charge is 0.489 e. The Kier molecular flexibility index (Phi) is 7.25. The fourth-order valence-corrected chi connectivity index (χ4v) is 3.67. The minimum atomic E-state index is -0.779. The van der Waals surface area contributed by atoms with E-state index in [9.17, 15) is 14.7 Å². The van der Waals surface area contributed by atoms with Crippen LogP contribution in [0.25, 0.3) is 0 Å². The average Bonchev–Trinajstić information content (AvgIpc) is 2.72. The van der Waals surface area contributed by atoms with Crippen molar-refractivity contribution in [3.8, 4) is 5.75 Å². The molecule has 2 atom stereocenters. The SMILES string of the molecule is CC1CC(C(=O)O)CN(CC(=O)NCc2ccc(COc3ccccc3)cc2)C1. The summed E-state index contributed by atoms with van der Waals surface area (Å²) in [6.07, 6.45) is 0.674. The topological polar surface area (TPSA) is 78.9 Å². The molecule has 3 rings (SSSR count). The van der Waals surface area contributed by atoms with Crippen molar-refractivity contribution in [3.05, 3.63) is 65.7 Å². The number of aliphatic carboxylic acids is 1. The van der Waals surface area contributed by atoms with Crippen LogP contribution < -0.4 is 10.1 Å². The number of ether oxygens (including phenoxy) is 1. The van der Waals surface area contributed by atoms with Crippen LogP contribution in [0.3, 0.4) is 0 Å². The van der Waals surface area contributed by atoms with Gasteiger partial charge in [-0.15, -0.1) is 0 Å². The van der Waals surface area contributed by atoms with Gasteiger partial charge in [0.05, 0.1) is 12.5 Å². The van der Waals surface area contributed by atoms with Crippen LogP contribution in [0.5, 0.6) is 5.75 Å². The minimum absolute atomic E-state index is 0.0836. The standard InChI is InChI=1S/C23H28N2O4/c1-17-11-20(23(27)28)14-25(13-17)15-22(26)24-12-18-7-9-19(10-8-18)16-29-21-5-3-2-4-6-21/h2-10,17,20H,11-16H2,1H3,(H,24,26)(H,27,28). The van der Waals surface area contributed by atoms with Gasteiger partial charge in [0.15, 0.2) is 0 Å². The first-order valence-corrected chi connectivity index (χ1v) is 9.97. The molecule has 0 radical (unpaired) electrons. The molecule has 0 bridgehead atoms. The summed E-state index contributed by atoms with van der Waals surface area (Å²) in [5, 5.41) is 12.2. The Morgan fingerprint density at radius 1 is 1.07 bits per heavy atom. The third-order valence-electron chi connectivity index (χ3n) is 5.11. The molecule has 0 saturated carbocycles. The minimum Gasteiger partial charge on any atom is -0.489 e. The molecule has 154 valence electrons. The molecule has 1 heterocycles. The lowest BCUT2D eigenvalue weighted by Crippen LogP contribution is -2.46. The van der Waals surface area contributed by atoms with Crippen LogP contribution in [0.2, 0.25) is 0 Å². The van der Waals surface area contributed by atoms with Crippen molar-refractivity contribution in [3.63, 3.8) is 0 Å². The number of hydrogen-bond donors (Lipinski definition) is 2. The molecule has 0 spiro atoms. The van der Waals surface area contributed by atoms with Crippen molar-refractivity contribution in [2.45, 2.75) is 26.5 Å². The third kappa shape index (κ3) is 6.61. The Morgan fingerprint density at radius 3 is 2.45 bits per heavy atom. The molecule has 2 N–H and O–H groups in total. The third-order valence-corrected chi connectivity index (χ3v) is 5.11. The zero-order chi connectivity index (χ0) is 20.6. The number of rotatable bonds is 8. The van der Waals surface area contributed by atoms with E-state index in [4.69, 9.17) is 4.74 Å². The number of carbonyl (C=O) groups is 2. The molecule has 1 amide bonds. The Hall–Kier alpha value is -2.86. The van der Waals surface area contributed by atoms with Gasteiger partial charge in [0.2, 0.25) is 5.91 Å². The zero-order valence-electron chi connectivity index (χ0n) is 16.7. The van der Waals surface area contributed by atoms with Gasteiger partial charge in [0.25, 0.3) is 0 Å². The lowest BCUT2D eigenvalue weighted by Gasteiger charge is -2.34. The predicted molar refractivity (Wildman–Crippen MR) is 110 cm³/mol. The van der Waals surface area contributed by atoms with Gasteiger partial charge in [-0.05, 0) is 35.6 Å². The van der Waals surface area contributed by atoms with Crippen LogP contribution in [0.4, 0.5) is 0 Å². The quantitative estimate of drug-likeness (QED) is 0.717. The average molecular weight is 396 g/mol. The molecule has 1 fully saturated rings. The predicted octanol–water partition coefficient (Wildman–Crippen LogP) is 2.92. The fraction of sp³-hybridized carbons (Fsp3) is 0.391. The van der Waals surface area contributed by atoms with E-state index < -0.39 is 11.9 Å². The summed E-state index contributed by atoms with van der Waals surface area (Å²) in [4.78, 5) is 25.5. The van der Waals surface area contributed by atoms with E-state index >= 15 is 0 Å². The van der Waals surface area contributed by atoms with Gasteiger partial charge in [-0.1, -0.05) is 49.4 Å². The lowest BCUT2D eigenvalue weighted by atomic mass is 9.90. The normalized spacial score (nSPS) is 19.5. The number of carboxylic acids is 1. The first-order chi connectivity index (χ1) is 14.0. The van der Waals surface area contributed by atoms with Crippen LogP contribution in [-0.4, -0.2) is 41.5 Å². The summed E-state index contributed by atoms with van der Waals surface area (Å²) >= 11 is 0. The fourth-order valence-electron chi connectivity index (χ4n) is 3.67. The summed E-state index contributed by atoms with van der Waals surface area (Å²) in [5.74, 6) is -0.139. The van der Waals surface area contributed by atoms with Crippen LogP contribution >= 0.6 is 0 Å². The van der Waals surface area contributed by atoms with Crippen LogP contribution in [0.1, 0.15) is 24.5 Å².